The van der Waals surface area contributed by atoms with E-state index in [1.54, 1.807) is 0 Å². The topological polar surface area (TPSA) is 63.1 Å². The molecule has 1 aromatic heterocycles. The summed E-state index contributed by atoms with van der Waals surface area (Å²) in [4.78, 5) is 19.7. The van der Waals surface area contributed by atoms with Gasteiger partial charge in [-0.2, -0.15) is 0 Å². The predicted octanol–water partition coefficient (Wildman–Crippen LogP) is 1.62. The highest BCUT2D eigenvalue weighted by molar-refractivity contribution is 5.70. The van der Waals surface area contributed by atoms with Crippen LogP contribution in [-0.4, -0.2) is 21.0 Å². The molecule has 2 rings (SSSR count). The fraction of sp³-hybridized carbons (Fsp3) is 0.583. The molecule has 1 aliphatic carbocycles. The molecule has 1 aliphatic rings. The van der Waals surface area contributed by atoms with Crippen LogP contribution in [0.15, 0.2) is 6.20 Å². The van der Waals surface area contributed by atoms with E-state index in [2.05, 4.69) is 16.9 Å². The molecular weight excluding hydrogens is 204 g/mol. The molecule has 4 nitrogen and oxygen atoms in total. The number of nitrogens with zero attached hydrogens (tertiary/aromatic N) is 2. The fourth-order valence-electron chi connectivity index (χ4n) is 2.10. The first-order valence-electron chi connectivity index (χ1n) is 5.77. The maximum Gasteiger partial charge on any atom is 0.306 e. The molecular formula is C12H16N2O2. The summed E-state index contributed by atoms with van der Waals surface area (Å²) >= 11 is 0. The van der Waals surface area contributed by atoms with Crippen LogP contribution in [0.3, 0.4) is 0 Å². The number of aromatic nitrogens is 2. The van der Waals surface area contributed by atoms with Crippen LogP contribution in [0.4, 0.5) is 0 Å². The maximum atomic E-state index is 10.9. The molecule has 0 saturated heterocycles. The number of aliphatic carboxylic acids is 1. The van der Waals surface area contributed by atoms with Gasteiger partial charge in [-0.3, -0.25) is 4.79 Å². The van der Waals surface area contributed by atoms with Gasteiger partial charge in [0.05, 0.1) is 5.92 Å². The van der Waals surface area contributed by atoms with Crippen molar-refractivity contribution < 1.29 is 9.90 Å². The molecule has 0 saturated carbocycles. The van der Waals surface area contributed by atoms with Crippen LogP contribution in [0.2, 0.25) is 0 Å². The predicted molar refractivity (Wildman–Crippen MR) is 59.2 cm³/mol. The second kappa shape index (κ2) is 4.60. The lowest BCUT2D eigenvalue weighted by Crippen LogP contribution is -2.23. The number of carbonyl (C=O) groups is 1. The quantitative estimate of drug-likeness (QED) is 0.840. The molecule has 16 heavy (non-hydrogen) atoms. The molecule has 1 atom stereocenters. The SMILES string of the molecule is CCCc1ncc2c(n1)CCC(C(=O)O)C2. The van der Waals surface area contributed by atoms with E-state index in [-0.39, 0.29) is 5.92 Å². The van der Waals surface area contributed by atoms with Gasteiger partial charge >= 0.3 is 5.97 Å². The number of rotatable bonds is 3. The number of hydrogen-bond acceptors (Lipinski definition) is 3. The average Bonchev–Trinajstić information content (AvgIpc) is 2.28. The number of fused-ring (bicyclic) bond motifs is 1. The molecule has 0 aromatic carbocycles. The van der Waals surface area contributed by atoms with E-state index in [0.29, 0.717) is 12.8 Å². The third-order valence-corrected chi connectivity index (χ3v) is 3.02. The zero-order valence-corrected chi connectivity index (χ0v) is 9.44. The van der Waals surface area contributed by atoms with Gasteiger partial charge in [-0.15, -0.1) is 0 Å². The Hall–Kier alpha value is -1.45. The van der Waals surface area contributed by atoms with Crippen molar-refractivity contribution in [3.05, 3.63) is 23.3 Å². The number of carboxylic acids is 1. The van der Waals surface area contributed by atoms with Crippen molar-refractivity contribution >= 4 is 5.97 Å². The van der Waals surface area contributed by atoms with E-state index in [1.807, 2.05) is 6.20 Å². The van der Waals surface area contributed by atoms with Gasteiger partial charge in [0.1, 0.15) is 5.82 Å². The van der Waals surface area contributed by atoms with Gasteiger partial charge < -0.3 is 5.11 Å². The second-order valence-electron chi connectivity index (χ2n) is 4.29. The zero-order valence-electron chi connectivity index (χ0n) is 9.44. The van der Waals surface area contributed by atoms with Gasteiger partial charge in [0.2, 0.25) is 0 Å². The molecule has 0 aliphatic heterocycles. The van der Waals surface area contributed by atoms with Gasteiger partial charge in [-0.05, 0) is 31.2 Å². The summed E-state index contributed by atoms with van der Waals surface area (Å²) in [7, 11) is 0. The van der Waals surface area contributed by atoms with Crippen molar-refractivity contribution in [2.24, 2.45) is 5.92 Å². The van der Waals surface area contributed by atoms with Gasteiger partial charge in [0, 0.05) is 18.3 Å². The summed E-state index contributed by atoms with van der Waals surface area (Å²) in [5.74, 6) is -0.0774. The Labute approximate surface area is 94.7 Å². The van der Waals surface area contributed by atoms with E-state index in [4.69, 9.17) is 5.11 Å². The summed E-state index contributed by atoms with van der Waals surface area (Å²) in [6, 6.07) is 0. The molecule has 4 heteroatoms. The fourth-order valence-corrected chi connectivity index (χ4v) is 2.10. The van der Waals surface area contributed by atoms with Crippen LogP contribution in [0, 0.1) is 5.92 Å². The molecule has 1 heterocycles. The Kier molecular flexibility index (Phi) is 3.17. The van der Waals surface area contributed by atoms with Crippen LogP contribution in [0.1, 0.15) is 36.8 Å². The van der Waals surface area contributed by atoms with Crippen LogP contribution >= 0.6 is 0 Å². The molecule has 0 fully saturated rings. The number of hydrogen-bond donors (Lipinski definition) is 1. The smallest absolute Gasteiger partial charge is 0.306 e. The lowest BCUT2D eigenvalue weighted by Gasteiger charge is -2.20. The van der Waals surface area contributed by atoms with Crippen molar-refractivity contribution in [3.63, 3.8) is 0 Å². The van der Waals surface area contributed by atoms with Crippen LogP contribution in [0.25, 0.3) is 0 Å². The van der Waals surface area contributed by atoms with Crippen molar-refractivity contribution in [2.45, 2.75) is 39.0 Å². The van der Waals surface area contributed by atoms with Gasteiger partial charge in [-0.1, -0.05) is 6.92 Å². The molecule has 0 bridgehead atoms. The highest BCUT2D eigenvalue weighted by Gasteiger charge is 2.25. The van der Waals surface area contributed by atoms with E-state index in [1.165, 1.54) is 0 Å². The standard InChI is InChI=1S/C12H16N2O2/c1-2-3-11-13-7-9-6-8(12(15)16)4-5-10(9)14-11/h7-8H,2-6H2,1H3,(H,15,16). The van der Waals surface area contributed by atoms with Crippen molar-refractivity contribution in [2.75, 3.05) is 0 Å². The molecule has 86 valence electrons. The second-order valence-corrected chi connectivity index (χ2v) is 4.29. The minimum atomic E-state index is -0.705. The Bertz CT molecular complexity index is 404. The van der Waals surface area contributed by atoms with Crippen molar-refractivity contribution in [3.8, 4) is 0 Å². The molecule has 0 radical (unpaired) electrons. The normalized spacial score (nSPS) is 19.2. The summed E-state index contributed by atoms with van der Waals surface area (Å²) in [5.41, 5.74) is 2.06. The third kappa shape index (κ3) is 2.21. The van der Waals surface area contributed by atoms with Crippen LogP contribution in [0.5, 0.6) is 0 Å². The van der Waals surface area contributed by atoms with Crippen LogP contribution < -0.4 is 0 Å². The summed E-state index contributed by atoms with van der Waals surface area (Å²) in [6.07, 6.45) is 5.79. The van der Waals surface area contributed by atoms with Gasteiger partial charge in [-0.25, -0.2) is 9.97 Å². The zero-order chi connectivity index (χ0) is 11.5. The van der Waals surface area contributed by atoms with E-state index in [0.717, 1.165) is 36.3 Å². The maximum absolute atomic E-state index is 10.9. The lowest BCUT2D eigenvalue weighted by atomic mass is 9.87. The number of carboxylic acid groups (broad SMARTS) is 1. The van der Waals surface area contributed by atoms with E-state index < -0.39 is 5.97 Å². The molecule has 1 aromatic rings. The Morgan fingerprint density at radius 2 is 2.44 bits per heavy atom. The van der Waals surface area contributed by atoms with E-state index in [9.17, 15) is 4.79 Å². The van der Waals surface area contributed by atoms with Crippen molar-refractivity contribution in [1.29, 1.82) is 0 Å². The molecule has 1 N–H and O–H groups in total. The minimum Gasteiger partial charge on any atom is -0.481 e. The largest absolute Gasteiger partial charge is 0.481 e. The van der Waals surface area contributed by atoms with Crippen LogP contribution in [-0.2, 0) is 24.1 Å². The molecule has 0 spiro atoms. The first kappa shape index (κ1) is 11.0. The minimum absolute atomic E-state index is 0.256. The van der Waals surface area contributed by atoms with Gasteiger partial charge in [0.15, 0.2) is 0 Å². The number of aryl methyl sites for hydroxylation is 2. The first-order valence-corrected chi connectivity index (χ1v) is 5.77. The molecule has 1 unspecified atom stereocenters. The monoisotopic (exact) mass is 220 g/mol. The lowest BCUT2D eigenvalue weighted by molar-refractivity contribution is -0.142. The first-order chi connectivity index (χ1) is 7.70. The average molecular weight is 220 g/mol. The van der Waals surface area contributed by atoms with Gasteiger partial charge in [0.25, 0.3) is 0 Å². The summed E-state index contributed by atoms with van der Waals surface area (Å²) in [6.45, 7) is 2.10. The van der Waals surface area contributed by atoms with E-state index >= 15 is 0 Å². The Morgan fingerprint density at radius 1 is 1.62 bits per heavy atom. The Morgan fingerprint density at radius 3 is 3.12 bits per heavy atom. The highest BCUT2D eigenvalue weighted by atomic mass is 16.4. The Balaban J connectivity index is 2.18. The highest BCUT2D eigenvalue weighted by Crippen LogP contribution is 2.23. The third-order valence-electron chi connectivity index (χ3n) is 3.02. The summed E-state index contributed by atoms with van der Waals surface area (Å²) in [5, 5.41) is 8.96. The van der Waals surface area contributed by atoms with Crippen molar-refractivity contribution in [1.82, 2.24) is 9.97 Å². The summed E-state index contributed by atoms with van der Waals surface area (Å²) < 4.78 is 0. The molecule has 0 amide bonds.